The number of aromatic nitrogens is 2. The van der Waals surface area contributed by atoms with Crippen LogP contribution in [-0.4, -0.2) is 28.3 Å². The van der Waals surface area contributed by atoms with Gasteiger partial charge in [0.15, 0.2) is 0 Å². The van der Waals surface area contributed by atoms with Crippen molar-refractivity contribution in [3.8, 4) is 0 Å². The normalized spacial score (nSPS) is 10.9. The van der Waals surface area contributed by atoms with Gasteiger partial charge in [-0.25, -0.2) is 0 Å². The second-order valence-electron chi connectivity index (χ2n) is 3.49. The molecule has 0 aromatic carbocycles. The Bertz CT molecular complexity index is 312. The van der Waals surface area contributed by atoms with Gasteiger partial charge in [-0.3, -0.25) is 4.68 Å². The number of thioether (sulfide) groups is 1. The van der Waals surface area contributed by atoms with Gasteiger partial charge in [0.05, 0.1) is 15.9 Å². The van der Waals surface area contributed by atoms with Crippen LogP contribution < -0.4 is 5.32 Å². The van der Waals surface area contributed by atoms with Crippen LogP contribution in [0.4, 0.5) is 0 Å². The van der Waals surface area contributed by atoms with E-state index in [-0.39, 0.29) is 0 Å². The largest absolute Gasteiger partial charge is 0.311 e. The highest BCUT2D eigenvalue weighted by Gasteiger charge is 2.09. The van der Waals surface area contributed by atoms with E-state index in [0.717, 1.165) is 23.3 Å². The van der Waals surface area contributed by atoms with E-state index < -0.39 is 0 Å². The van der Waals surface area contributed by atoms with Crippen molar-refractivity contribution in [3.05, 3.63) is 15.9 Å². The first-order valence-corrected chi connectivity index (χ1v) is 7.23. The first-order chi connectivity index (χ1) is 7.16. The molecule has 0 bridgehead atoms. The van der Waals surface area contributed by atoms with Crippen LogP contribution in [0.1, 0.15) is 17.8 Å². The lowest BCUT2D eigenvalue weighted by molar-refractivity contribution is 0.619. The van der Waals surface area contributed by atoms with Crippen LogP contribution in [0.2, 0.25) is 0 Å². The minimum Gasteiger partial charge on any atom is -0.311 e. The molecule has 0 saturated carbocycles. The minimum atomic E-state index is 0.881. The van der Waals surface area contributed by atoms with Crippen molar-refractivity contribution in [2.75, 3.05) is 18.6 Å². The molecule has 0 amide bonds. The summed E-state index contributed by atoms with van der Waals surface area (Å²) in [6.07, 6.45) is 3.36. The number of nitrogens with one attached hydrogen (secondary N) is 1. The van der Waals surface area contributed by atoms with Crippen molar-refractivity contribution in [2.24, 2.45) is 7.05 Å². The van der Waals surface area contributed by atoms with E-state index in [1.165, 1.54) is 17.9 Å². The van der Waals surface area contributed by atoms with Crippen molar-refractivity contribution in [3.63, 3.8) is 0 Å². The molecule has 0 radical (unpaired) electrons. The summed E-state index contributed by atoms with van der Waals surface area (Å²) in [4.78, 5) is 0. The van der Waals surface area contributed by atoms with Gasteiger partial charge in [-0.05, 0) is 47.8 Å². The zero-order chi connectivity index (χ0) is 11.3. The van der Waals surface area contributed by atoms with Crippen molar-refractivity contribution in [2.45, 2.75) is 19.9 Å². The molecule has 1 aromatic heterocycles. The number of halogens is 1. The predicted octanol–water partition coefficient (Wildman–Crippen LogP) is 2.33. The molecule has 0 saturated heterocycles. The fourth-order valence-corrected chi connectivity index (χ4v) is 2.33. The Balaban J connectivity index is 2.37. The predicted molar refractivity (Wildman–Crippen MR) is 70.4 cm³/mol. The van der Waals surface area contributed by atoms with E-state index in [0.29, 0.717) is 0 Å². The van der Waals surface area contributed by atoms with Crippen LogP contribution in [0.3, 0.4) is 0 Å². The molecule has 15 heavy (non-hydrogen) atoms. The molecule has 86 valence electrons. The summed E-state index contributed by atoms with van der Waals surface area (Å²) in [5, 5.41) is 7.78. The molecular weight excluding hydrogens is 274 g/mol. The van der Waals surface area contributed by atoms with Crippen LogP contribution in [0, 0.1) is 6.92 Å². The topological polar surface area (TPSA) is 29.9 Å². The maximum atomic E-state index is 4.35. The Labute approximate surface area is 104 Å². The molecule has 1 N–H and O–H groups in total. The van der Waals surface area contributed by atoms with E-state index in [1.807, 2.05) is 30.4 Å². The molecule has 0 atom stereocenters. The second-order valence-corrected chi connectivity index (χ2v) is 5.27. The maximum absolute atomic E-state index is 4.35. The van der Waals surface area contributed by atoms with E-state index in [1.54, 1.807) is 0 Å². The quantitative estimate of drug-likeness (QED) is 0.816. The summed E-state index contributed by atoms with van der Waals surface area (Å²) in [6.45, 7) is 3.96. The molecule has 1 rings (SSSR count). The van der Waals surface area contributed by atoms with E-state index in [2.05, 4.69) is 32.6 Å². The summed E-state index contributed by atoms with van der Waals surface area (Å²) < 4.78 is 3.06. The Hall–Kier alpha value is 0. The van der Waals surface area contributed by atoms with Gasteiger partial charge in [-0.1, -0.05) is 0 Å². The first-order valence-electron chi connectivity index (χ1n) is 5.04. The third-order valence-electron chi connectivity index (χ3n) is 2.26. The molecule has 0 aliphatic carbocycles. The first kappa shape index (κ1) is 13.1. The molecule has 1 aromatic rings. The van der Waals surface area contributed by atoms with Crippen LogP contribution in [0.25, 0.3) is 0 Å². The summed E-state index contributed by atoms with van der Waals surface area (Å²) in [6, 6.07) is 0. The average molecular weight is 292 g/mol. The van der Waals surface area contributed by atoms with Crippen LogP contribution in [0.5, 0.6) is 0 Å². The lowest BCUT2D eigenvalue weighted by atomic mass is 10.3. The molecule has 0 aliphatic heterocycles. The van der Waals surface area contributed by atoms with Gasteiger partial charge in [0.2, 0.25) is 0 Å². The molecule has 0 fully saturated rings. The van der Waals surface area contributed by atoms with Crippen LogP contribution in [0.15, 0.2) is 4.47 Å². The Kier molecular flexibility index (Phi) is 5.71. The highest BCUT2D eigenvalue weighted by Crippen LogP contribution is 2.19. The van der Waals surface area contributed by atoms with Gasteiger partial charge in [0.25, 0.3) is 0 Å². The third-order valence-corrected chi connectivity index (χ3v) is 3.98. The molecule has 5 heteroatoms. The van der Waals surface area contributed by atoms with Crippen molar-refractivity contribution in [1.82, 2.24) is 15.1 Å². The van der Waals surface area contributed by atoms with E-state index in [9.17, 15) is 0 Å². The van der Waals surface area contributed by atoms with Gasteiger partial charge in [0.1, 0.15) is 0 Å². The summed E-state index contributed by atoms with van der Waals surface area (Å²) in [5.74, 6) is 1.22. The minimum absolute atomic E-state index is 0.881. The lowest BCUT2D eigenvalue weighted by Crippen LogP contribution is -2.17. The molecule has 0 spiro atoms. The fraction of sp³-hybridized carbons (Fsp3) is 0.700. The van der Waals surface area contributed by atoms with Crippen LogP contribution in [-0.2, 0) is 13.6 Å². The molecular formula is C10H18BrN3S. The monoisotopic (exact) mass is 291 g/mol. The number of nitrogens with zero attached hydrogens (tertiary/aromatic N) is 2. The number of aryl methyl sites for hydroxylation is 2. The SMILES string of the molecule is CSCCCNCc1c(Br)c(C)nn1C. The molecule has 3 nitrogen and oxygen atoms in total. The summed E-state index contributed by atoms with van der Waals surface area (Å²) in [7, 11) is 1.98. The zero-order valence-electron chi connectivity index (χ0n) is 9.51. The molecule has 0 unspecified atom stereocenters. The summed E-state index contributed by atoms with van der Waals surface area (Å²) >= 11 is 5.45. The van der Waals surface area contributed by atoms with Crippen molar-refractivity contribution in [1.29, 1.82) is 0 Å². The molecule has 1 heterocycles. The zero-order valence-corrected chi connectivity index (χ0v) is 11.9. The Morgan fingerprint density at radius 1 is 1.53 bits per heavy atom. The van der Waals surface area contributed by atoms with E-state index >= 15 is 0 Å². The third kappa shape index (κ3) is 3.81. The Morgan fingerprint density at radius 2 is 2.27 bits per heavy atom. The maximum Gasteiger partial charge on any atom is 0.0739 e. The van der Waals surface area contributed by atoms with Crippen LogP contribution >= 0.6 is 27.7 Å². The standard InChI is InChI=1S/C10H18BrN3S/c1-8-10(11)9(14(2)13-8)7-12-5-4-6-15-3/h12H,4-7H2,1-3H3. The van der Waals surface area contributed by atoms with Gasteiger partial charge in [-0.15, -0.1) is 0 Å². The molecule has 0 aliphatic rings. The highest BCUT2D eigenvalue weighted by atomic mass is 79.9. The van der Waals surface area contributed by atoms with Gasteiger partial charge >= 0.3 is 0 Å². The number of hydrogen-bond donors (Lipinski definition) is 1. The van der Waals surface area contributed by atoms with Gasteiger partial charge in [-0.2, -0.15) is 16.9 Å². The Morgan fingerprint density at radius 3 is 2.80 bits per heavy atom. The summed E-state index contributed by atoms with van der Waals surface area (Å²) in [5.41, 5.74) is 2.27. The van der Waals surface area contributed by atoms with Crippen molar-refractivity contribution >= 4 is 27.7 Å². The average Bonchev–Trinajstić information content (AvgIpc) is 2.44. The van der Waals surface area contributed by atoms with Crippen molar-refractivity contribution < 1.29 is 0 Å². The number of rotatable bonds is 6. The lowest BCUT2D eigenvalue weighted by Gasteiger charge is -2.05. The van der Waals surface area contributed by atoms with E-state index in [4.69, 9.17) is 0 Å². The fourth-order valence-electron chi connectivity index (χ4n) is 1.42. The number of hydrogen-bond acceptors (Lipinski definition) is 3. The second kappa shape index (κ2) is 6.55. The van der Waals surface area contributed by atoms with Gasteiger partial charge in [0, 0.05) is 13.6 Å². The highest BCUT2D eigenvalue weighted by molar-refractivity contribution is 9.10. The smallest absolute Gasteiger partial charge is 0.0739 e. The van der Waals surface area contributed by atoms with Gasteiger partial charge < -0.3 is 5.32 Å².